The Hall–Kier alpha value is -3.24. The number of hydrogen-bond acceptors (Lipinski definition) is 8. The number of para-hydroxylation sites is 1. The number of fused-ring (bicyclic) bond motifs is 1. The first-order valence-corrected chi connectivity index (χ1v) is 12.5. The number of halogens is 2. The highest BCUT2D eigenvalue weighted by Gasteiger charge is 2.21. The van der Waals surface area contributed by atoms with Gasteiger partial charge in [0.1, 0.15) is 16.8 Å². The molecule has 182 valence electrons. The predicted octanol–water partition coefficient (Wildman–Crippen LogP) is 3.73. The lowest BCUT2D eigenvalue weighted by Gasteiger charge is -2.36. The van der Waals surface area contributed by atoms with Crippen LogP contribution in [0, 0.1) is 5.82 Å². The highest BCUT2D eigenvalue weighted by atomic mass is 35.5. The Morgan fingerprint density at radius 3 is 2.63 bits per heavy atom. The molecule has 1 aromatic heterocycles. The smallest absolute Gasteiger partial charge is 0.231 e. The third-order valence-corrected chi connectivity index (χ3v) is 6.76. The Labute approximate surface area is 211 Å². The van der Waals surface area contributed by atoms with Crippen LogP contribution in [0.25, 0.3) is 0 Å². The first-order chi connectivity index (χ1) is 17.0. The number of nitrogens with zero attached hydrogens (tertiary/aromatic N) is 4. The highest BCUT2D eigenvalue weighted by molar-refractivity contribution is 7.99. The second-order valence-electron chi connectivity index (χ2n) is 8.01. The fourth-order valence-corrected chi connectivity index (χ4v) is 4.84. The van der Waals surface area contributed by atoms with Crippen molar-refractivity contribution in [2.75, 3.05) is 48.5 Å². The Morgan fingerprint density at radius 1 is 1.03 bits per heavy atom. The van der Waals surface area contributed by atoms with Crippen LogP contribution >= 0.6 is 23.4 Å². The van der Waals surface area contributed by atoms with E-state index in [1.807, 2.05) is 29.2 Å². The van der Waals surface area contributed by atoms with E-state index in [0.29, 0.717) is 66.0 Å². The highest BCUT2D eigenvalue weighted by Crippen LogP contribution is 2.32. The van der Waals surface area contributed by atoms with E-state index >= 15 is 0 Å². The van der Waals surface area contributed by atoms with E-state index < -0.39 is 0 Å². The number of thioether (sulfide) groups is 1. The number of ether oxygens (including phenoxy) is 2. The molecule has 0 unspecified atom stereocenters. The number of anilines is 2. The van der Waals surface area contributed by atoms with Crippen LogP contribution < -0.4 is 24.6 Å². The van der Waals surface area contributed by atoms with Gasteiger partial charge in [-0.1, -0.05) is 41.6 Å². The van der Waals surface area contributed by atoms with Crippen molar-refractivity contribution < 1.29 is 18.7 Å². The molecule has 1 fully saturated rings. The lowest BCUT2D eigenvalue weighted by Crippen LogP contribution is -2.47. The standard InChI is InChI=1S/C24H23ClFN5O3S/c25-21-12-22(31-9-7-30(8-10-31)18-4-2-1-3-17(18)26)29-24(28-21)35-14-23(32)27-13-16-5-6-19-20(11-16)34-15-33-19/h1-6,11-12H,7-10,13-15H2,(H,27,32). The number of nitrogens with one attached hydrogen (secondary N) is 1. The van der Waals surface area contributed by atoms with E-state index in [4.69, 9.17) is 21.1 Å². The summed E-state index contributed by atoms with van der Waals surface area (Å²) in [6.07, 6.45) is 0. The van der Waals surface area contributed by atoms with Crippen molar-refractivity contribution in [1.82, 2.24) is 15.3 Å². The predicted molar refractivity (Wildman–Crippen MR) is 133 cm³/mol. The minimum atomic E-state index is -0.221. The van der Waals surface area contributed by atoms with Crippen LogP contribution in [0.15, 0.2) is 53.7 Å². The number of carbonyl (C=O) groups excluding carboxylic acids is 1. The van der Waals surface area contributed by atoms with E-state index in [2.05, 4.69) is 20.2 Å². The third kappa shape index (κ3) is 5.71. The van der Waals surface area contributed by atoms with Crippen molar-refractivity contribution in [2.24, 2.45) is 0 Å². The lowest BCUT2D eigenvalue weighted by atomic mass is 10.2. The zero-order valence-corrected chi connectivity index (χ0v) is 20.3. The van der Waals surface area contributed by atoms with Crippen molar-refractivity contribution in [1.29, 1.82) is 0 Å². The number of piperazine rings is 1. The van der Waals surface area contributed by atoms with Gasteiger partial charge in [-0.25, -0.2) is 14.4 Å². The summed E-state index contributed by atoms with van der Waals surface area (Å²) in [5.41, 5.74) is 1.53. The summed E-state index contributed by atoms with van der Waals surface area (Å²) in [7, 11) is 0. The summed E-state index contributed by atoms with van der Waals surface area (Å²) in [4.78, 5) is 25.3. The first-order valence-electron chi connectivity index (χ1n) is 11.1. The minimum Gasteiger partial charge on any atom is -0.454 e. The van der Waals surface area contributed by atoms with Gasteiger partial charge in [0.2, 0.25) is 12.7 Å². The summed E-state index contributed by atoms with van der Waals surface area (Å²) in [6.45, 7) is 3.25. The van der Waals surface area contributed by atoms with Crippen LogP contribution in [-0.2, 0) is 11.3 Å². The molecule has 2 aromatic carbocycles. The van der Waals surface area contributed by atoms with E-state index in [-0.39, 0.29) is 24.3 Å². The average molecular weight is 516 g/mol. The molecule has 3 aromatic rings. The molecule has 0 aliphatic carbocycles. The molecule has 1 amide bonds. The summed E-state index contributed by atoms with van der Waals surface area (Å²) >= 11 is 7.47. The maximum absolute atomic E-state index is 14.1. The average Bonchev–Trinajstić information content (AvgIpc) is 3.34. The molecule has 0 saturated carbocycles. The van der Waals surface area contributed by atoms with Gasteiger partial charge in [-0.15, -0.1) is 0 Å². The van der Waals surface area contributed by atoms with Crippen LogP contribution in [0.3, 0.4) is 0 Å². The van der Waals surface area contributed by atoms with Crippen molar-refractivity contribution >= 4 is 40.8 Å². The second kappa shape index (κ2) is 10.6. The quantitative estimate of drug-likeness (QED) is 0.290. The molecular weight excluding hydrogens is 493 g/mol. The minimum absolute atomic E-state index is 0.142. The summed E-state index contributed by atoms with van der Waals surface area (Å²) in [5, 5.41) is 3.63. The second-order valence-corrected chi connectivity index (χ2v) is 9.34. The Kier molecular flexibility index (Phi) is 7.10. The molecule has 3 heterocycles. The molecule has 8 nitrogen and oxygen atoms in total. The SMILES string of the molecule is O=C(CSc1nc(Cl)cc(N2CCN(c3ccccc3F)CC2)n1)NCc1ccc2c(c1)OCO2. The number of aromatic nitrogens is 2. The molecule has 2 aliphatic heterocycles. The van der Waals surface area contributed by atoms with Gasteiger partial charge in [0.25, 0.3) is 0 Å². The van der Waals surface area contributed by atoms with Gasteiger partial charge in [0.05, 0.1) is 11.4 Å². The van der Waals surface area contributed by atoms with E-state index in [9.17, 15) is 9.18 Å². The van der Waals surface area contributed by atoms with Crippen molar-refractivity contribution in [3.05, 3.63) is 65.1 Å². The fourth-order valence-electron chi connectivity index (χ4n) is 3.93. The molecule has 0 atom stereocenters. The Morgan fingerprint density at radius 2 is 1.80 bits per heavy atom. The molecule has 1 N–H and O–H groups in total. The number of amides is 1. The van der Waals surface area contributed by atoms with Gasteiger partial charge in [-0.3, -0.25) is 4.79 Å². The Bertz CT molecular complexity index is 1230. The van der Waals surface area contributed by atoms with Crippen LogP contribution in [0.4, 0.5) is 15.9 Å². The van der Waals surface area contributed by atoms with Crippen LogP contribution in [0.2, 0.25) is 5.15 Å². The van der Waals surface area contributed by atoms with Gasteiger partial charge in [0.15, 0.2) is 16.7 Å². The molecule has 0 bridgehead atoms. The van der Waals surface area contributed by atoms with Gasteiger partial charge in [0, 0.05) is 38.8 Å². The Balaban J connectivity index is 1.14. The first kappa shape index (κ1) is 23.5. The molecule has 2 aliphatic rings. The fraction of sp³-hybridized carbons (Fsp3) is 0.292. The zero-order valence-electron chi connectivity index (χ0n) is 18.7. The van der Waals surface area contributed by atoms with E-state index in [1.54, 1.807) is 18.2 Å². The maximum atomic E-state index is 14.1. The van der Waals surface area contributed by atoms with Crippen molar-refractivity contribution in [2.45, 2.75) is 11.7 Å². The number of carbonyl (C=O) groups is 1. The maximum Gasteiger partial charge on any atom is 0.231 e. The zero-order chi connectivity index (χ0) is 24.2. The van der Waals surface area contributed by atoms with E-state index in [1.165, 1.54) is 17.8 Å². The molecule has 11 heteroatoms. The summed E-state index contributed by atoms with van der Waals surface area (Å²) in [5.74, 6) is 1.88. The summed E-state index contributed by atoms with van der Waals surface area (Å²) in [6, 6.07) is 14.1. The molecule has 0 spiro atoms. The van der Waals surface area contributed by atoms with Gasteiger partial charge >= 0.3 is 0 Å². The van der Waals surface area contributed by atoms with Gasteiger partial charge in [-0.05, 0) is 29.8 Å². The monoisotopic (exact) mass is 515 g/mol. The number of benzene rings is 2. The summed E-state index contributed by atoms with van der Waals surface area (Å²) < 4.78 is 24.8. The van der Waals surface area contributed by atoms with Gasteiger partial charge in [-0.2, -0.15) is 0 Å². The lowest BCUT2D eigenvalue weighted by molar-refractivity contribution is -0.118. The topological polar surface area (TPSA) is 79.8 Å². The molecular formula is C24H23ClFN5O3S. The van der Waals surface area contributed by atoms with Crippen LogP contribution in [-0.4, -0.2) is 54.6 Å². The van der Waals surface area contributed by atoms with Crippen molar-refractivity contribution in [3.63, 3.8) is 0 Å². The third-order valence-electron chi connectivity index (χ3n) is 5.72. The van der Waals surface area contributed by atoms with Crippen LogP contribution in [0.1, 0.15) is 5.56 Å². The number of hydrogen-bond donors (Lipinski definition) is 1. The number of rotatable bonds is 7. The molecule has 35 heavy (non-hydrogen) atoms. The molecule has 5 rings (SSSR count). The van der Waals surface area contributed by atoms with E-state index in [0.717, 1.165) is 5.56 Å². The van der Waals surface area contributed by atoms with Crippen LogP contribution in [0.5, 0.6) is 11.5 Å². The molecule has 0 radical (unpaired) electrons. The largest absolute Gasteiger partial charge is 0.454 e. The van der Waals surface area contributed by atoms with Gasteiger partial charge < -0.3 is 24.6 Å². The molecule has 1 saturated heterocycles. The normalized spacial score (nSPS) is 14.8. The van der Waals surface area contributed by atoms with Crippen molar-refractivity contribution in [3.8, 4) is 11.5 Å².